The maximum atomic E-state index is 13.1. The molecule has 0 radical (unpaired) electrons. The number of halogens is 1. The summed E-state index contributed by atoms with van der Waals surface area (Å²) in [6, 6.07) is 9.61. The smallest absolute Gasteiger partial charge is 0.272 e. The van der Waals surface area contributed by atoms with Crippen LogP contribution in [0.5, 0.6) is 0 Å². The number of nitrogens with zero attached hydrogens (tertiary/aromatic N) is 3. The third kappa shape index (κ3) is 3.32. The van der Waals surface area contributed by atoms with Crippen LogP contribution in [0.4, 0.5) is 0 Å². The lowest BCUT2D eigenvalue weighted by atomic mass is 10.0. The van der Waals surface area contributed by atoms with E-state index in [9.17, 15) is 4.79 Å². The van der Waals surface area contributed by atoms with Crippen molar-refractivity contribution in [3.8, 4) is 0 Å². The van der Waals surface area contributed by atoms with Crippen LogP contribution in [0.1, 0.15) is 47.6 Å². The van der Waals surface area contributed by atoms with Crippen LogP contribution in [-0.2, 0) is 7.05 Å². The highest BCUT2D eigenvalue weighted by atomic mass is 35.5. The number of piperazine rings is 1. The Balaban J connectivity index is 1.91. The zero-order valence-electron chi connectivity index (χ0n) is 14.3. The van der Waals surface area contributed by atoms with Crippen LogP contribution in [0.3, 0.4) is 0 Å². The summed E-state index contributed by atoms with van der Waals surface area (Å²) in [6.07, 6.45) is 0. The van der Waals surface area contributed by atoms with Crippen molar-refractivity contribution in [1.29, 1.82) is 0 Å². The fourth-order valence-corrected chi connectivity index (χ4v) is 3.28. The number of rotatable bonds is 3. The van der Waals surface area contributed by atoms with Crippen molar-refractivity contribution in [2.75, 3.05) is 19.6 Å². The first-order valence-electron chi connectivity index (χ1n) is 8.28. The second-order valence-corrected chi connectivity index (χ2v) is 6.94. The summed E-state index contributed by atoms with van der Waals surface area (Å²) in [7, 11) is 1.83. The van der Waals surface area contributed by atoms with Gasteiger partial charge < -0.3 is 10.2 Å². The van der Waals surface area contributed by atoms with Gasteiger partial charge >= 0.3 is 0 Å². The van der Waals surface area contributed by atoms with E-state index in [4.69, 9.17) is 11.6 Å². The van der Waals surface area contributed by atoms with Crippen LogP contribution < -0.4 is 5.32 Å². The van der Waals surface area contributed by atoms with Gasteiger partial charge in [0.05, 0.1) is 11.7 Å². The molecule has 0 aliphatic carbocycles. The zero-order chi connectivity index (χ0) is 17.3. The van der Waals surface area contributed by atoms with E-state index in [0.717, 1.165) is 24.3 Å². The molecule has 1 aliphatic rings. The highest BCUT2D eigenvalue weighted by Crippen LogP contribution is 2.26. The summed E-state index contributed by atoms with van der Waals surface area (Å²) >= 11 is 6.13. The number of aromatic nitrogens is 2. The fourth-order valence-electron chi connectivity index (χ4n) is 3.08. The second kappa shape index (κ2) is 6.95. The average molecular weight is 347 g/mol. The van der Waals surface area contributed by atoms with Gasteiger partial charge in [-0.2, -0.15) is 5.10 Å². The number of nitrogens with one attached hydrogen (secondary N) is 1. The Kier molecular flexibility index (Phi) is 4.92. The number of aryl methyl sites for hydroxylation is 1. The van der Waals surface area contributed by atoms with E-state index in [2.05, 4.69) is 24.3 Å². The molecule has 1 atom stereocenters. The molecule has 128 valence electrons. The van der Waals surface area contributed by atoms with Crippen molar-refractivity contribution in [3.05, 3.63) is 52.3 Å². The lowest BCUT2D eigenvalue weighted by molar-refractivity contribution is 0.0623. The summed E-state index contributed by atoms with van der Waals surface area (Å²) in [5, 5.41) is 8.53. The minimum absolute atomic E-state index is 0.0170. The topological polar surface area (TPSA) is 50.2 Å². The Bertz CT molecular complexity index is 740. The average Bonchev–Trinajstić information content (AvgIpc) is 2.96. The van der Waals surface area contributed by atoms with Crippen LogP contribution in [0, 0.1) is 0 Å². The van der Waals surface area contributed by atoms with Crippen molar-refractivity contribution in [3.63, 3.8) is 0 Å². The molecular weight excluding hydrogens is 324 g/mol. The fraction of sp³-hybridized carbons (Fsp3) is 0.444. The van der Waals surface area contributed by atoms with Gasteiger partial charge in [0.1, 0.15) is 5.69 Å². The third-order valence-electron chi connectivity index (χ3n) is 4.45. The number of benzene rings is 1. The third-order valence-corrected chi connectivity index (χ3v) is 4.68. The Labute approximate surface area is 147 Å². The van der Waals surface area contributed by atoms with E-state index in [0.29, 0.717) is 23.2 Å². The molecule has 3 rings (SSSR count). The number of carbonyl (C=O) groups excluding carboxylic acids is 1. The van der Waals surface area contributed by atoms with E-state index in [1.54, 1.807) is 4.68 Å². The van der Waals surface area contributed by atoms with Gasteiger partial charge in [-0.3, -0.25) is 9.48 Å². The molecule has 1 N–H and O–H groups in total. The van der Waals surface area contributed by atoms with Gasteiger partial charge in [-0.25, -0.2) is 0 Å². The van der Waals surface area contributed by atoms with E-state index in [-0.39, 0.29) is 11.9 Å². The molecule has 6 heteroatoms. The molecule has 2 heterocycles. The van der Waals surface area contributed by atoms with Crippen LogP contribution in [0.25, 0.3) is 0 Å². The summed E-state index contributed by atoms with van der Waals surface area (Å²) in [5.41, 5.74) is 2.62. The second-order valence-electron chi connectivity index (χ2n) is 6.51. The molecule has 1 unspecified atom stereocenters. The molecule has 1 fully saturated rings. The van der Waals surface area contributed by atoms with Gasteiger partial charge in [-0.1, -0.05) is 37.6 Å². The molecule has 5 nitrogen and oxygen atoms in total. The van der Waals surface area contributed by atoms with Gasteiger partial charge in [0.15, 0.2) is 0 Å². The van der Waals surface area contributed by atoms with Gasteiger partial charge in [0.25, 0.3) is 5.91 Å². The van der Waals surface area contributed by atoms with Crippen LogP contribution in [0.2, 0.25) is 5.02 Å². The van der Waals surface area contributed by atoms with E-state index >= 15 is 0 Å². The van der Waals surface area contributed by atoms with E-state index in [1.807, 2.05) is 42.3 Å². The Morgan fingerprint density at radius 1 is 1.38 bits per heavy atom. The van der Waals surface area contributed by atoms with Gasteiger partial charge in [0, 0.05) is 31.7 Å². The summed E-state index contributed by atoms with van der Waals surface area (Å²) in [6.45, 7) is 6.34. The van der Waals surface area contributed by atoms with Crippen molar-refractivity contribution in [2.45, 2.75) is 25.8 Å². The number of hydrogen-bond donors (Lipinski definition) is 1. The number of carbonyl (C=O) groups is 1. The van der Waals surface area contributed by atoms with Crippen LogP contribution in [-0.4, -0.2) is 40.2 Å². The number of hydrogen-bond acceptors (Lipinski definition) is 3. The largest absolute Gasteiger partial charge is 0.328 e. The SMILES string of the molecule is CC(C)c1cc(C(=O)N2CCNCC2c2cccc(Cl)c2)n(C)n1. The summed E-state index contributed by atoms with van der Waals surface area (Å²) < 4.78 is 1.69. The molecule has 2 aromatic rings. The monoisotopic (exact) mass is 346 g/mol. The molecule has 0 spiro atoms. The van der Waals surface area contributed by atoms with Crippen LogP contribution >= 0.6 is 11.6 Å². The summed E-state index contributed by atoms with van der Waals surface area (Å²) in [5.74, 6) is 0.313. The Morgan fingerprint density at radius 3 is 2.83 bits per heavy atom. The predicted octanol–water partition coefficient (Wildman–Crippen LogP) is 2.98. The molecule has 1 aromatic carbocycles. The quantitative estimate of drug-likeness (QED) is 0.929. The maximum absolute atomic E-state index is 13.1. The van der Waals surface area contributed by atoms with Crippen molar-refractivity contribution in [1.82, 2.24) is 20.0 Å². The lowest BCUT2D eigenvalue weighted by Gasteiger charge is -2.36. The molecule has 24 heavy (non-hydrogen) atoms. The Hall–Kier alpha value is -1.85. The van der Waals surface area contributed by atoms with E-state index < -0.39 is 0 Å². The highest BCUT2D eigenvalue weighted by molar-refractivity contribution is 6.30. The molecule has 1 aromatic heterocycles. The minimum atomic E-state index is -0.0256. The first-order chi connectivity index (χ1) is 11.5. The standard InChI is InChI=1S/C18H23ClN4O/c1-12(2)15-10-16(22(3)21-15)18(24)23-8-7-20-11-17(23)13-5-4-6-14(19)9-13/h4-6,9-10,12,17,20H,7-8,11H2,1-3H3. The van der Waals surface area contributed by atoms with Gasteiger partial charge in [-0.05, 0) is 29.7 Å². The first-order valence-corrected chi connectivity index (χ1v) is 8.66. The molecule has 0 saturated carbocycles. The molecule has 1 aliphatic heterocycles. The summed E-state index contributed by atoms with van der Waals surface area (Å²) in [4.78, 5) is 15.0. The first kappa shape index (κ1) is 17.0. The lowest BCUT2D eigenvalue weighted by Crippen LogP contribution is -2.49. The van der Waals surface area contributed by atoms with Gasteiger partial charge in [-0.15, -0.1) is 0 Å². The molecule has 0 bridgehead atoms. The molecule has 1 amide bonds. The van der Waals surface area contributed by atoms with Gasteiger partial charge in [0.2, 0.25) is 0 Å². The van der Waals surface area contributed by atoms with Crippen LogP contribution in [0.15, 0.2) is 30.3 Å². The van der Waals surface area contributed by atoms with Crippen molar-refractivity contribution >= 4 is 17.5 Å². The predicted molar refractivity (Wildman–Crippen MR) is 95.4 cm³/mol. The Morgan fingerprint density at radius 2 is 2.17 bits per heavy atom. The van der Waals surface area contributed by atoms with E-state index in [1.165, 1.54) is 0 Å². The molecular formula is C18H23ClN4O. The molecule has 1 saturated heterocycles. The normalized spacial score (nSPS) is 18.2. The highest BCUT2D eigenvalue weighted by Gasteiger charge is 2.30. The van der Waals surface area contributed by atoms with Crippen molar-refractivity contribution in [2.24, 2.45) is 7.05 Å². The van der Waals surface area contributed by atoms with Crippen molar-refractivity contribution < 1.29 is 4.79 Å². The maximum Gasteiger partial charge on any atom is 0.272 e. The number of amides is 1. The zero-order valence-corrected chi connectivity index (χ0v) is 15.0. The minimum Gasteiger partial charge on any atom is -0.328 e.